The fourth-order valence-corrected chi connectivity index (χ4v) is 1.71. The molecule has 2 rings (SSSR count). The van der Waals surface area contributed by atoms with Crippen LogP contribution in [0.3, 0.4) is 0 Å². The predicted molar refractivity (Wildman–Crippen MR) is 47.0 cm³/mol. The SMILES string of the molecule is NC1CC(=O)c2cccc(F)c2C1. The van der Waals surface area contributed by atoms with Gasteiger partial charge in [0, 0.05) is 23.6 Å². The van der Waals surface area contributed by atoms with Gasteiger partial charge in [-0.3, -0.25) is 4.79 Å². The van der Waals surface area contributed by atoms with Crippen LogP contribution < -0.4 is 5.73 Å². The zero-order valence-electron chi connectivity index (χ0n) is 7.09. The number of halogens is 1. The molecule has 13 heavy (non-hydrogen) atoms. The van der Waals surface area contributed by atoms with Crippen molar-refractivity contribution in [3.8, 4) is 0 Å². The minimum Gasteiger partial charge on any atom is -0.327 e. The molecule has 0 amide bonds. The maximum absolute atomic E-state index is 13.2. The van der Waals surface area contributed by atoms with Crippen LogP contribution in [0.1, 0.15) is 22.3 Å². The van der Waals surface area contributed by atoms with Gasteiger partial charge >= 0.3 is 0 Å². The highest BCUT2D eigenvalue weighted by molar-refractivity contribution is 5.99. The Hall–Kier alpha value is -1.22. The second-order valence-corrected chi connectivity index (χ2v) is 3.36. The van der Waals surface area contributed by atoms with Gasteiger partial charge < -0.3 is 5.73 Å². The number of ketones is 1. The summed E-state index contributed by atoms with van der Waals surface area (Å²) in [5.74, 6) is -0.366. The molecule has 68 valence electrons. The Balaban J connectivity index is 2.55. The van der Waals surface area contributed by atoms with Crippen molar-refractivity contribution in [3.05, 3.63) is 35.1 Å². The Morgan fingerprint density at radius 2 is 2.15 bits per heavy atom. The number of carbonyl (C=O) groups excluding carboxylic acids is 1. The van der Waals surface area contributed by atoms with Crippen LogP contribution in [0.2, 0.25) is 0 Å². The first-order valence-electron chi connectivity index (χ1n) is 4.24. The van der Waals surface area contributed by atoms with E-state index in [2.05, 4.69) is 0 Å². The van der Waals surface area contributed by atoms with Gasteiger partial charge in [0.25, 0.3) is 0 Å². The predicted octanol–water partition coefficient (Wildman–Crippen LogP) is 1.28. The molecule has 0 spiro atoms. The van der Waals surface area contributed by atoms with Gasteiger partial charge in [0.15, 0.2) is 5.78 Å². The number of carbonyl (C=O) groups is 1. The zero-order chi connectivity index (χ0) is 9.42. The molecule has 1 unspecified atom stereocenters. The molecular weight excluding hydrogens is 169 g/mol. The molecule has 1 aliphatic rings. The van der Waals surface area contributed by atoms with E-state index in [-0.39, 0.29) is 17.6 Å². The van der Waals surface area contributed by atoms with Crippen LogP contribution in [0.4, 0.5) is 4.39 Å². The van der Waals surface area contributed by atoms with E-state index in [9.17, 15) is 9.18 Å². The minimum absolute atomic E-state index is 0.0479. The molecule has 0 aromatic heterocycles. The van der Waals surface area contributed by atoms with Crippen molar-refractivity contribution in [1.29, 1.82) is 0 Å². The Bertz CT molecular complexity index is 362. The molecule has 0 heterocycles. The van der Waals surface area contributed by atoms with Crippen molar-refractivity contribution in [2.24, 2.45) is 5.73 Å². The maximum Gasteiger partial charge on any atom is 0.164 e. The first kappa shape index (κ1) is 8.38. The largest absolute Gasteiger partial charge is 0.327 e. The quantitative estimate of drug-likeness (QED) is 0.652. The summed E-state index contributed by atoms with van der Waals surface area (Å²) in [6.45, 7) is 0. The molecule has 3 heteroatoms. The minimum atomic E-state index is -0.319. The molecule has 2 N–H and O–H groups in total. The third-order valence-corrected chi connectivity index (χ3v) is 2.33. The number of benzene rings is 1. The van der Waals surface area contributed by atoms with E-state index in [1.54, 1.807) is 12.1 Å². The van der Waals surface area contributed by atoms with Crippen LogP contribution >= 0.6 is 0 Å². The first-order chi connectivity index (χ1) is 6.18. The standard InChI is InChI=1S/C10H10FNO/c11-9-3-1-2-7-8(9)4-6(12)5-10(7)13/h1-3,6H,4-5,12H2. The highest BCUT2D eigenvalue weighted by atomic mass is 19.1. The first-order valence-corrected chi connectivity index (χ1v) is 4.24. The molecule has 0 bridgehead atoms. The zero-order valence-corrected chi connectivity index (χ0v) is 7.09. The molecule has 0 saturated heterocycles. The highest BCUT2D eigenvalue weighted by Crippen LogP contribution is 2.22. The Labute approximate surface area is 75.6 Å². The molecule has 0 radical (unpaired) electrons. The lowest BCUT2D eigenvalue weighted by atomic mass is 9.87. The summed E-state index contributed by atoms with van der Waals surface area (Å²) in [4.78, 5) is 11.4. The summed E-state index contributed by atoms with van der Waals surface area (Å²) in [5, 5.41) is 0. The summed E-state index contributed by atoms with van der Waals surface area (Å²) < 4.78 is 13.2. The van der Waals surface area contributed by atoms with E-state index >= 15 is 0 Å². The summed E-state index contributed by atoms with van der Waals surface area (Å²) in [5.41, 5.74) is 6.60. The molecule has 0 aliphatic heterocycles. The van der Waals surface area contributed by atoms with E-state index in [1.807, 2.05) is 0 Å². The van der Waals surface area contributed by atoms with Gasteiger partial charge in [-0.05, 0) is 12.5 Å². The summed E-state index contributed by atoms with van der Waals surface area (Å²) in [6.07, 6.45) is 0.796. The second-order valence-electron chi connectivity index (χ2n) is 3.36. The van der Waals surface area contributed by atoms with Gasteiger partial charge in [-0.1, -0.05) is 12.1 Å². The van der Waals surface area contributed by atoms with E-state index in [0.717, 1.165) is 0 Å². The van der Waals surface area contributed by atoms with Crippen LogP contribution in [0.15, 0.2) is 18.2 Å². The molecule has 1 aromatic carbocycles. The van der Waals surface area contributed by atoms with Crippen molar-refractivity contribution in [2.45, 2.75) is 18.9 Å². The van der Waals surface area contributed by atoms with Crippen molar-refractivity contribution in [1.82, 2.24) is 0 Å². The number of hydrogen-bond acceptors (Lipinski definition) is 2. The van der Waals surface area contributed by atoms with Gasteiger partial charge in [0.2, 0.25) is 0 Å². The van der Waals surface area contributed by atoms with Gasteiger partial charge in [-0.2, -0.15) is 0 Å². The third kappa shape index (κ3) is 1.35. The number of rotatable bonds is 0. The lowest BCUT2D eigenvalue weighted by Gasteiger charge is -2.20. The van der Waals surface area contributed by atoms with Crippen molar-refractivity contribution in [3.63, 3.8) is 0 Å². The average molecular weight is 179 g/mol. The smallest absolute Gasteiger partial charge is 0.164 e. The van der Waals surface area contributed by atoms with Gasteiger partial charge in [-0.15, -0.1) is 0 Å². The van der Waals surface area contributed by atoms with Crippen molar-refractivity contribution < 1.29 is 9.18 Å². The Morgan fingerprint density at radius 3 is 2.92 bits per heavy atom. The van der Waals surface area contributed by atoms with E-state index in [4.69, 9.17) is 5.73 Å². The lowest BCUT2D eigenvalue weighted by Crippen LogP contribution is -2.32. The number of nitrogens with two attached hydrogens (primary N) is 1. The summed E-state index contributed by atoms with van der Waals surface area (Å²) in [6, 6.07) is 4.36. The fraction of sp³-hybridized carbons (Fsp3) is 0.300. The van der Waals surface area contributed by atoms with Crippen LogP contribution in [-0.2, 0) is 6.42 Å². The second kappa shape index (κ2) is 2.92. The lowest BCUT2D eigenvalue weighted by molar-refractivity contribution is 0.0964. The molecule has 1 atom stereocenters. The van der Waals surface area contributed by atoms with Crippen LogP contribution in [0.25, 0.3) is 0 Å². The molecule has 2 nitrogen and oxygen atoms in total. The number of fused-ring (bicyclic) bond motifs is 1. The topological polar surface area (TPSA) is 43.1 Å². The highest BCUT2D eigenvalue weighted by Gasteiger charge is 2.24. The Kier molecular flexibility index (Phi) is 1.88. The average Bonchev–Trinajstić information content (AvgIpc) is 2.07. The molecule has 1 aromatic rings. The molecular formula is C10H10FNO. The van der Waals surface area contributed by atoms with Crippen LogP contribution in [0, 0.1) is 5.82 Å². The van der Waals surface area contributed by atoms with E-state index in [1.165, 1.54) is 6.07 Å². The molecule has 1 aliphatic carbocycles. The van der Waals surface area contributed by atoms with Crippen molar-refractivity contribution in [2.75, 3.05) is 0 Å². The normalized spacial score (nSPS) is 21.4. The monoisotopic (exact) mass is 179 g/mol. The van der Waals surface area contributed by atoms with Gasteiger partial charge in [0.1, 0.15) is 5.82 Å². The van der Waals surface area contributed by atoms with Gasteiger partial charge in [0.05, 0.1) is 0 Å². The van der Waals surface area contributed by atoms with Gasteiger partial charge in [-0.25, -0.2) is 4.39 Å². The third-order valence-electron chi connectivity index (χ3n) is 2.33. The fourth-order valence-electron chi connectivity index (χ4n) is 1.71. The number of Topliss-reactive ketones (excluding diaryl/α,β-unsaturated/α-hetero) is 1. The van der Waals surface area contributed by atoms with Crippen LogP contribution in [0.5, 0.6) is 0 Å². The summed E-state index contributed by atoms with van der Waals surface area (Å²) >= 11 is 0. The number of hydrogen-bond donors (Lipinski definition) is 1. The van der Waals surface area contributed by atoms with Crippen molar-refractivity contribution >= 4 is 5.78 Å². The molecule has 0 fully saturated rings. The maximum atomic E-state index is 13.2. The van der Waals surface area contributed by atoms with E-state index < -0.39 is 0 Å². The van der Waals surface area contributed by atoms with Crippen LogP contribution in [-0.4, -0.2) is 11.8 Å². The molecule has 0 saturated carbocycles. The Morgan fingerprint density at radius 1 is 1.38 bits per heavy atom. The van der Waals surface area contributed by atoms with E-state index in [0.29, 0.717) is 24.0 Å². The summed E-state index contributed by atoms with van der Waals surface area (Å²) in [7, 11) is 0.